The number of pyridine rings is 2. The molecule has 0 radical (unpaired) electrons. The van der Waals surface area contributed by atoms with Crippen LogP contribution in [0.15, 0.2) is 42.7 Å². The highest BCUT2D eigenvalue weighted by Crippen LogP contribution is 2.39. The lowest BCUT2D eigenvalue weighted by atomic mass is 9.76. The van der Waals surface area contributed by atoms with Crippen LogP contribution in [0.5, 0.6) is 0 Å². The summed E-state index contributed by atoms with van der Waals surface area (Å²) in [6.07, 6.45) is 3.18. The molecule has 3 aromatic rings. The Balaban J connectivity index is 1.57. The van der Waals surface area contributed by atoms with E-state index < -0.39 is 59.0 Å². The summed E-state index contributed by atoms with van der Waals surface area (Å²) in [5.74, 6) is -4.05. The van der Waals surface area contributed by atoms with Crippen molar-refractivity contribution in [1.82, 2.24) is 15.3 Å². The van der Waals surface area contributed by atoms with Gasteiger partial charge in [-0.1, -0.05) is 6.92 Å². The third-order valence-corrected chi connectivity index (χ3v) is 7.14. The van der Waals surface area contributed by atoms with Crippen molar-refractivity contribution in [3.05, 3.63) is 77.0 Å². The number of amides is 2. The van der Waals surface area contributed by atoms with Crippen molar-refractivity contribution >= 4 is 17.7 Å². The minimum absolute atomic E-state index is 0.0466. The molecule has 9 nitrogen and oxygen atoms in total. The summed E-state index contributed by atoms with van der Waals surface area (Å²) in [5, 5.41) is 24.5. The number of alkyl carbamates (subject to hydrolysis) is 1. The van der Waals surface area contributed by atoms with Crippen LogP contribution in [0.25, 0.3) is 11.3 Å². The third kappa shape index (κ3) is 7.88. The van der Waals surface area contributed by atoms with E-state index in [0.29, 0.717) is 12.1 Å². The molecule has 2 aromatic heterocycles. The number of hydrogen-bond donors (Lipinski definition) is 4. The maximum absolute atomic E-state index is 14.9. The average molecular weight is 601 g/mol. The SMILES string of the molecule is C[C@@H]1C[C@H](NC(=O)OC(C)(C)C)C[C@H](c2ccncc2NC(=O)c2ccc(F)c(-c3c(F)cc([C@H](O)CO)cc3F)n2)C1. The molecule has 4 atom stereocenters. The number of nitrogens with one attached hydrogen (secondary N) is 2. The molecule has 12 heteroatoms. The van der Waals surface area contributed by atoms with Gasteiger partial charge in [0.25, 0.3) is 5.91 Å². The normalized spacial score (nSPS) is 19.4. The first-order valence-electron chi connectivity index (χ1n) is 13.9. The molecule has 0 saturated heterocycles. The van der Waals surface area contributed by atoms with Gasteiger partial charge in [-0.2, -0.15) is 0 Å². The van der Waals surface area contributed by atoms with E-state index in [1.54, 1.807) is 33.0 Å². The summed E-state index contributed by atoms with van der Waals surface area (Å²) >= 11 is 0. The van der Waals surface area contributed by atoms with E-state index in [4.69, 9.17) is 9.84 Å². The Morgan fingerprint density at radius 1 is 1.07 bits per heavy atom. The molecule has 0 spiro atoms. The molecule has 4 rings (SSSR count). The molecule has 1 aliphatic rings. The molecular weight excluding hydrogens is 565 g/mol. The van der Waals surface area contributed by atoms with Crippen LogP contribution >= 0.6 is 0 Å². The summed E-state index contributed by atoms with van der Waals surface area (Å²) in [6.45, 7) is 6.68. The van der Waals surface area contributed by atoms with E-state index in [-0.39, 0.29) is 29.1 Å². The molecule has 0 unspecified atom stereocenters. The zero-order valence-electron chi connectivity index (χ0n) is 24.3. The summed E-state index contributed by atoms with van der Waals surface area (Å²) in [4.78, 5) is 33.7. The molecule has 0 aliphatic heterocycles. The van der Waals surface area contributed by atoms with Gasteiger partial charge in [-0.3, -0.25) is 9.78 Å². The fraction of sp³-hybridized carbons (Fsp3) is 0.419. The summed E-state index contributed by atoms with van der Waals surface area (Å²) < 4.78 is 49.8. The van der Waals surface area contributed by atoms with Gasteiger partial charge in [0.2, 0.25) is 0 Å². The van der Waals surface area contributed by atoms with Gasteiger partial charge in [-0.15, -0.1) is 0 Å². The van der Waals surface area contributed by atoms with E-state index in [0.717, 1.165) is 42.7 Å². The number of carbonyl (C=O) groups excluding carboxylic acids is 2. The number of benzene rings is 1. The van der Waals surface area contributed by atoms with Gasteiger partial charge in [-0.05, 0) is 93.3 Å². The maximum atomic E-state index is 14.9. The van der Waals surface area contributed by atoms with Crippen LogP contribution in [0, 0.1) is 23.4 Å². The molecule has 1 aromatic carbocycles. The number of aliphatic hydroxyl groups is 2. The largest absolute Gasteiger partial charge is 0.444 e. The summed E-state index contributed by atoms with van der Waals surface area (Å²) in [5.41, 5.74) is -1.55. The lowest BCUT2D eigenvalue weighted by Gasteiger charge is -2.35. The maximum Gasteiger partial charge on any atom is 0.407 e. The number of hydrogen-bond acceptors (Lipinski definition) is 7. The number of nitrogens with zero attached hydrogens (tertiary/aromatic N) is 2. The standard InChI is InChI=1S/C31H35F3N4O5/c1-16-9-17(11-19(10-16)36-30(42)43-31(2,3)4)20-7-8-35-14-25(20)38-29(41)24-6-5-21(32)28(37-24)27-22(33)12-18(13-23(27)34)26(40)15-39/h5-8,12-14,16-17,19,26,39-40H,9-11,15H2,1-4H3,(H,36,42)(H,38,41)/t16-,17+,19-,26+/m0/s1. The Labute approximate surface area is 247 Å². The Kier molecular flexibility index (Phi) is 9.71. The molecule has 2 heterocycles. The summed E-state index contributed by atoms with van der Waals surface area (Å²) in [6, 6.07) is 5.13. The van der Waals surface area contributed by atoms with Gasteiger partial charge in [0.15, 0.2) is 0 Å². The van der Waals surface area contributed by atoms with Crippen LogP contribution < -0.4 is 10.6 Å². The molecule has 1 aliphatic carbocycles. The van der Waals surface area contributed by atoms with Crippen LogP contribution in [0.4, 0.5) is 23.7 Å². The first-order chi connectivity index (χ1) is 20.3. The smallest absolute Gasteiger partial charge is 0.407 e. The number of ether oxygens (including phenoxy) is 1. The number of aliphatic hydroxyl groups excluding tert-OH is 2. The van der Waals surface area contributed by atoms with Crippen molar-refractivity contribution in [2.24, 2.45) is 5.92 Å². The number of anilines is 1. The number of aromatic nitrogens is 2. The Hall–Kier alpha value is -4.03. The van der Waals surface area contributed by atoms with Crippen molar-refractivity contribution in [2.45, 2.75) is 70.6 Å². The molecular formula is C31H35F3N4O5. The molecule has 1 saturated carbocycles. The predicted molar refractivity (Wildman–Crippen MR) is 153 cm³/mol. The Morgan fingerprint density at radius 3 is 2.42 bits per heavy atom. The van der Waals surface area contributed by atoms with E-state index in [1.807, 2.05) is 0 Å². The second kappa shape index (κ2) is 13.1. The fourth-order valence-electron chi connectivity index (χ4n) is 5.36. The molecule has 4 N–H and O–H groups in total. The monoisotopic (exact) mass is 600 g/mol. The minimum atomic E-state index is -1.53. The van der Waals surface area contributed by atoms with Gasteiger partial charge in [0.05, 0.1) is 24.1 Å². The van der Waals surface area contributed by atoms with E-state index >= 15 is 0 Å². The molecule has 1 fully saturated rings. The van der Waals surface area contributed by atoms with Gasteiger partial charge < -0.3 is 25.6 Å². The van der Waals surface area contributed by atoms with Gasteiger partial charge in [0.1, 0.15) is 40.5 Å². The van der Waals surface area contributed by atoms with Crippen molar-refractivity contribution in [3.8, 4) is 11.3 Å². The first-order valence-corrected chi connectivity index (χ1v) is 13.9. The van der Waals surface area contributed by atoms with Crippen molar-refractivity contribution in [1.29, 1.82) is 0 Å². The van der Waals surface area contributed by atoms with Crippen LogP contribution in [-0.4, -0.2) is 50.4 Å². The second-order valence-corrected chi connectivity index (χ2v) is 11.9. The van der Waals surface area contributed by atoms with Crippen LogP contribution in [0.2, 0.25) is 0 Å². The first kappa shape index (κ1) is 31.9. The Morgan fingerprint density at radius 2 is 1.77 bits per heavy atom. The minimum Gasteiger partial charge on any atom is -0.444 e. The molecule has 43 heavy (non-hydrogen) atoms. The zero-order valence-corrected chi connectivity index (χ0v) is 24.3. The lowest BCUT2D eigenvalue weighted by Crippen LogP contribution is -2.42. The summed E-state index contributed by atoms with van der Waals surface area (Å²) in [7, 11) is 0. The molecule has 0 bridgehead atoms. The highest BCUT2D eigenvalue weighted by molar-refractivity contribution is 6.03. The average Bonchev–Trinajstić information content (AvgIpc) is 2.92. The lowest BCUT2D eigenvalue weighted by molar-refractivity contribution is 0.0482. The fourth-order valence-corrected chi connectivity index (χ4v) is 5.36. The van der Waals surface area contributed by atoms with E-state index in [1.165, 1.54) is 6.20 Å². The van der Waals surface area contributed by atoms with Crippen LogP contribution in [-0.2, 0) is 4.74 Å². The number of halogens is 3. The van der Waals surface area contributed by atoms with Gasteiger partial charge >= 0.3 is 6.09 Å². The quantitative estimate of drug-likeness (QED) is 0.276. The van der Waals surface area contributed by atoms with Crippen molar-refractivity contribution in [2.75, 3.05) is 11.9 Å². The van der Waals surface area contributed by atoms with E-state index in [9.17, 15) is 27.9 Å². The highest BCUT2D eigenvalue weighted by atomic mass is 19.1. The van der Waals surface area contributed by atoms with Crippen LogP contribution in [0.3, 0.4) is 0 Å². The van der Waals surface area contributed by atoms with E-state index in [2.05, 4.69) is 27.5 Å². The predicted octanol–water partition coefficient (Wildman–Crippen LogP) is 5.64. The number of carbonyl (C=O) groups is 2. The zero-order chi connectivity index (χ0) is 31.5. The van der Waals surface area contributed by atoms with Gasteiger partial charge in [0, 0.05) is 12.2 Å². The Bertz CT molecular complexity index is 1470. The second-order valence-electron chi connectivity index (χ2n) is 11.9. The molecule has 230 valence electrons. The number of rotatable bonds is 7. The van der Waals surface area contributed by atoms with Gasteiger partial charge in [-0.25, -0.2) is 22.9 Å². The topological polar surface area (TPSA) is 134 Å². The molecule has 2 amide bonds. The third-order valence-electron chi connectivity index (χ3n) is 7.14. The highest BCUT2D eigenvalue weighted by Gasteiger charge is 2.31. The van der Waals surface area contributed by atoms with Crippen molar-refractivity contribution in [3.63, 3.8) is 0 Å². The van der Waals surface area contributed by atoms with Crippen LogP contribution in [0.1, 0.15) is 80.6 Å². The van der Waals surface area contributed by atoms with Crippen molar-refractivity contribution < 1.29 is 37.7 Å².